The standard InChI is InChI=1S/C14H14ClN3O/c1-9(2)18-10(8-16)7-12(17)14(18)19-13-6-4-3-5-11(13)15/h3-7,9H,17H2,1-2H3. The largest absolute Gasteiger partial charge is 0.437 e. The molecule has 1 heterocycles. The molecule has 2 aromatic rings. The summed E-state index contributed by atoms with van der Waals surface area (Å²) in [6.45, 7) is 3.92. The number of nitrogens with two attached hydrogens (primary N) is 1. The third-order valence-corrected chi connectivity index (χ3v) is 3.00. The average molecular weight is 276 g/mol. The third kappa shape index (κ3) is 2.51. The van der Waals surface area contributed by atoms with Crippen molar-refractivity contribution in [3.63, 3.8) is 0 Å². The highest BCUT2D eigenvalue weighted by molar-refractivity contribution is 6.32. The molecule has 0 amide bonds. The van der Waals surface area contributed by atoms with Crippen LogP contribution in [0.2, 0.25) is 5.02 Å². The highest BCUT2D eigenvalue weighted by Crippen LogP contribution is 2.36. The van der Waals surface area contributed by atoms with E-state index in [0.29, 0.717) is 28.0 Å². The van der Waals surface area contributed by atoms with Gasteiger partial charge in [-0.3, -0.25) is 4.57 Å². The fourth-order valence-corrected chi connectivity index (χ4v) is 2.04. The monoisotopic (exact) mass is 275 g/mol. The van der Waals surface area contributed by atoms with Gasteiger partial charge in [0.05, 0.1) is 10.7 Å². The lowest BCUT2D eigenvalue weighted by atomic mass is 10.3. The van der Waals surface area contributed by atoms with E-state index >= 15 is 0 Å². The second kappa shape index (κ2) is 5.25. The highest BCUT2D eigenvalue weighted by atomic mass is 35.5. The maximum atomic E-state index is 9.12. The summed E-state index contributed by atoms with van der Waals surface area (Å²) in [5.74, 6) is 0.958. The molecule has 0 aliphatic heterocycles. The van der Waals surface area contributed by atoms with Crippen molar-refractivity contribution in [2.75, 3.05) is 5.73 Å². The van der Waals surface area contributed by atoms with Crippen molar-refractivity contribution < 1.29 is 4.74 Å². The van der Waals surface area contributed by atoms with Crippen LogP contribution in [-0.2, 0) is 0 Å². The Morgan fingerprint density at radius 2 is 2.05 bits per heavy atom. The van der Waals surface area contributed by atoms with Crippen LogP contribution in [0.1, 0.15) is 25.6 Å². The Morgan fingerprint density at radius 1 is 1.37 bits per heavy atom. The molecule has 0 aliphatic rings. The van der Waals surface area contributed by atoms with E-state index in [-0.39, 0.29) is 6.04 Å². The molecule has 1 aromatic carbocycles. The Kier molecular flexibility index (Phi) is 3.68. The quantitative estimate of drug-likeness (QED) is 0.922. The Morgan fingerprint density at radius 3 is 2.63 bits per heavy atom. The third-order valence-electron chi connectivity index (χ3n) is 2.69. The summed E-state index contributed by atoms with van der Waals surface area (Å²) in [4.78, 5) is 0. The van der Waals surface area contributed by atoms with Crippen molar-refractivity contribution in [1.29, 1.82) is 5.26 Å². The number of rotatable bonds is 3. The van der Waals surface area contributed by atoms with Crippen molar-refractivity contribution in [2.24, 2.45) is 0 Å². The topological polar surface area (TPSA) is 64.0 Å². The maximum absolute atomic E-state index is 9.12. The highest BCUT2D eigenvalue weighted by Gasteiger charge is 2.18. The number of anilines is 1. The number of aromatic nitrogens is 1. The number of ether oxygens (including phenoxy) is 1. The van der Waals surface area contributed by atoms with Gasteiger partial charge in [0.15, 0.2) is 0 Å². The molecule has 2 rings (SSSR count). The van der Waals surface area contributed by atoms with E-state index in [1.54, 1.807) is 22.8 Å². The van der Waals surface area contributed by atoms with Gasteiger partial charge in [0.25, 0.3) is 0 Å². The summed E-state index contributed by atoms with van der Waals surface area (Å²) >= 11 is 6.06. The first-order valence-electron chi connectivity index (χ1n) is 5.87. The predicted octanol–water partition coefficient (Wildman–Crippen LogP) is 3.97. The van der Waals surface area contributed by atoms with Gasteiger partial charge in [-0.2, -0.15) is 5.26 Å². The molecule has 0 fully saturated rings. The van der Waals surface area contributed by atoms with E-state index in [9.17, 15) is 0 Å². The lowest BCUT2D eigenvalue weighted by Crippen LogP contribution is -2.06. The molecule has 0 atom stereocenters. The number of hydrogen-bond donors (Lipinski definition) is 1. The number of nitrogen functional groups attached to an aromatic ring is 1. The average Bonchev–Trinajstić information content (AvgIpc) is 2.69. The normalized spacial score (nSPS) is 10.5. The minimum absolute atomic E-state index is 0.0597. The van der Waals surface area contributed by atoms with Crippen LogP contribution < -0.4 is 10.5 Å². The molecule has 0 saturated carbocycles. The SMILES string of the molecule is CC(C)n1c(C#N)cc(N)c1Oc1ccccc1Cl. The van der Waals surface area contributed by atoms with E-state index < -0.39 is 0 Å². The van der Waals surface area contributed by atoms with E-state index in [4.69, 9.17) is 27.3 Å². The molecule has 4 nitrogen and oxygen atoms in total. The van der Waals surface area contributed by atoms with Crippen LogP contribution in [0.25, 0.3) is 0 Å². The molecule has 0 bridgehead atoms. The van der Waals surface area contributed by atoms with Crippen molar-refractivity contribution in [3.05, 3.63) is 41.0 Å². The van der Waals surface area contributed by atoms with Crippen LogP contribution in [0.4, 0.5) is 5.69 Å². The second-order valence-corrected chi connectivity index (χ2v) is 4.81. The summed E-state index contributed by atoms with van der Waals surface area (Å²) in [7, 11) is 0. The van der Waals surface area contributed by atoms with Gasteiger partial charge in [0.2, 0.25) is 5.88 Å². The first-order chi connectivity index (χ1) is 9.04. The molecular formula is C14H14ClN3O. The molecule has 1 aromatic heterocycles. The van der Waals surface area contributed by atoms with Gasteiger partial charge >= 0.3 is 0 Å². The van der Waals surface area contributed by atoms with E-state index in [1.165, 1.54) is 0 Å². The van der Waals surface area contributed by atoms with Crippen LogP contribution in [0.3, 0.4) is 0 Å². The lowest BCUT2D eigenvalue weighted by molar-refractivity contribution is 0.412. The predicted molar refractivity (Wildman–Crippen MR) is 75.5 cm³/mol. The minimum atomic E-state index is 0.0597. The van der Waals surface area contributed by atoms with Gasteiger partial charge in [0.1, 0.15) is 17.5 Å². The van der Waals surface area contributed by atoms with Gasteiger partial charge in [-0.25, -0.2) is 0 Å². The van der Waals surface area contributed by atoms with Crippen molar-refractivity contribution in [1.82, 2.24) is 4.57 Å². The molecule has 0 aliphatic carbocycles. The van der Waals surface area contributed by atoms with Crippen LogP contribution in [-0.4, -0.2) is 4.57 Å². The first-order valence-corrected chi connectivity index (χ1v) is 6.25. The van der Waals surface area contributed by atoms with Crippen LogP contribution in [0, 0.1) is 11.3 Å². The molecule has 0 spiro atoms. The Balaban J connectivity index is 2.49. The van der Waals surface area contributed by atoms with Gasteiger partial charge < -0.3 is 10.5 Å². The second-order valence-electron chi connectivity index (χ2n) is 4.40. The number of nitriles is 1. The Labute approximate surface area is 117 Å². The first kappa shape index (κ1) is 13.3. The molecule has 0 saturated heterocycles. The molecule has 0 unspecified atom stereocenters. The van der Waals surface area contributed by atoms with Crippen LogP contribution in [0.15, 0.2) is 30.3 Å². The number of para-hydroxylation sites is 1. The van der Waals surface area contributed by atoms with Gasteiger partial charge in [0, 0.05) is 12.1 Å². The minimum Gasteiger partial charge on any atom is -0.437 e. The number of nitrogens with zero attached hydrogens (tertiary/aromatic N) is 2. The lowest BCUT2D eigenvalue weighted by Gasteiger charge is -2.15. The van der Waals surface area contributed by atoms with Crippen LogP contribution in [0.5, 0.6) is 11.6 Å². The molecule has 2 N–H and O–H groups in total. The fraction of sp³-hybridized carbons (Fsp3) is 0.214. The zero-order chi connectivity index (χ0) is 14.0. The van der Waals surface area contributed by atoms with Gasteiger partial charge in [-0.05, 0) is 26.0 Å². The summed E-state index contributed by atoms with van der Waals surface area (Å²) in [6.07, 6.45) is 0. The summed E-state index contributed by atoms with van der Waals surface area (Å²) in [5, 5.41) is 9.61. The zero-order valence-corrected chi connectivity index (χ0v) is 11.5. The number of halogens is 1. The van der Waals surface area contributed by atoms with E-state index in [1.807, 2.05) is 26.0 Å². The summed E-state index contributed by atoms with van der Waals surface area (Å²) in [5.41, 5.74) is 6.80. The zero-order valence-electron chi connectivity index (χ0n) is 10.7. The number of benzene rings is 1. The molecule has 98 valence electrons. The van der Waals surface area contributed by atoms with E-state index in [2.05, 4.69) is 6.07 Å². The van der Waals surface area contributed by atoms with Gasteiger partial charge in [-0.15, -0.1) is 0 Å². The summed E-state index contributed by atoms with van der Waals surface area (Å²) in [6, 6.07) is 10.9. The Hall–Kier alpha value is -2.12. The van der Waals surface area contributed by atoms with Gasteiger partial charge in [-0.1, -0.05) is 23.7 Å². The van der Waals surface area contributed by atoms with Crippen LogP contribution >= 0.6 is 11.6 Å². The fourth-order valence-electron chi connectivity index (χ4n) is 1.87. The van der Waals surface area contributed by atoms with Crippen molar-refractivity contribution >= 4 is 17.3 Å². The molecular weight excluding hydrogens is 262 g/mol. The molecule has 5 heteroatoms. The van der Waals surface area contributed by atoms with Crippen molar-refractivity contribution in [3.8, 4) is 17.7 Å². The number of hydrogen-bond acceptors (Lipinski definition) is 3. The summed E-state index contributed by atoms with van der Waals surface area (Å²) < 4.78 is 7.52. The maximum Gasteiger partial charge on any atom is 0.224 e. The van der Waals surface area contributed by atoms with E-state index in [0.717, 1.165) is 0 Å². The molecule has 19 heavy (non-hydrogen) atoms. The Bertz CT molecular complexity index is 641. The smallest absolute Gasteiger partial charge is 0.224 e. The molecule has 0 radical (unpaired) electrons. The van der Waals surface area contributed by atoms with Crippen molar-refractivity contribution in [2.45, 2.75) is 19.9 Å².